The Bertz CT molecular complexity index is 867. The van der Waals surface area contributed by atoms with Gasteiger partial charge in [-0.3, -0.25) is 9.59 Å². The standard InChI is InChI=1S/C22H29NO6S/c1-4-27-20(26)17-13-11-21(2,3)28-12-15(13)30-19(17)23-18(25)14-10-16(24)29-22(14)8-6-5-7-9-22/h14H,4-12H2,1-3H3,(H,23,25)/t14-/m0/s1. The minimum atomic E-state index is -0.703. The van der Waals surface area contributed by atoms with Crippen molar-refractivity contribution in [1.82, 2.24) is 0 Å². The third-order valence-corrected chi connectivity index (χ3v) is 7.46. The van der Waals surface area contributed by atoms with Gasteiger partial charge in [-0.05, 0) is 52.0 Å². The number of rotatable bonds is 4. The minimum Gasteiger partial charge on any atom is -0.462 e. The maximum Gasteiger partial charge on any atom is 0.341 e. The molecule has 0 unspecified atom stereocenters. The zero-order chi connectivity index (χ0) is 21.5. The van der Waals surface area contributed by atoms with Crippen molar-refractivity contribution in [2.45, 2.75) is 83.5 Å². The van der Waals surface area contributed by atoms with Crippen LogP contribution in [0.3, 0.4) is 0 Å². The second-order valence-corrected chi connectivity index (χ2v) is 10.1. The molecule has 2 aliphatic heterocycles. The van der Waals surface area contributed by atoms with Crippen LogP contribution in [0, 0.1) is 5.92 Å². The Balaban J connectivity index is 1.64. The first-order valence-electron chi connectivity index (χ1n) is 10.7. The zero-order valence-corrected chi connectivity index (χ0v) is 18.6. The van der Waals surface area contributed by atoms with E-state index in [9.17, 15) is 14.4 Å². The molecule has 2 fully saturated rings. The molecule has 3 aliphatic rings. The van der Waals surface area contributed by atoms with Crippen LogP contribution in [-0.2, 0) is 36.8 Å². The van der Waals surface area contributed by atoms with Crippen LogP contribution in [0.1, 0.15) is 80.1 Å². The lowest BCUT2D eigenvalue weighted by Gasteiger charge is -2.35. The van der Waals surface area contributed by atoms with Gasteiger partial charge in [0.05, 0.1) is 36.7 Å². The smallest absolute Gasteiger partial charge is 0.341 e. The molecule has 1 atom stereocenters. The van der Waals surface area contributed by atoms with Crippen molar-refractivity contribution in [1.29, 1.82) is 0 Å². The number of hydrogen-bond donors (Lipinski definition) is 1. The van der Waals surface area contributed by atoms with E-state index >= 15 is 0 Å². The molecule has 30 heavy (non-hydrogen) atoms. The van der Waals surface area contributed by atoms with Gasteiger partial charge in [0.25, 0.3) is 0 Å². The number of hydrogen-bond acceptors (Lipinski definition) is 7. The van der Waals surface area contributed by atoms with Gasteiger partial charge in [0, 0.05) is 11.3 Å². The van der Waals surface area contributed by atoms with Gasteiger partial charge < -0.3 is 19.5 Å². The molecule has 1 aromatic rings. The largest absolute Gasteiger partial charge is 0.462 e. The van der Waals surface area contributed by atoms with Crippen LogP contribution in [-0.4, -0.2) is 35.7 Å². The van der Waals surface area contributed by atoms with E-state index in [0.29, 0.717) is 36.4 Å². The molecular weight excluding hydrogens is 406 g/mol. The van der Waals surface area contributed by atoms with Crippen LogP contribution in [0.25, 0.3) is 0 Å². The van der Waals surface area contributed by atoms with Crippen LogP contribution in [0.15, 0.2) is 0 Å². The second kappa shape index (κ2) is 7.96. The Hall–Kier alpha value is -1.93. The molecule has 1 amide bonds. The lowest BCUT2D eigenvalue weighted by atomic mass is 9.75. The van der Waals surface area contributed by atoms with Crippen molar-refractivity contribution in [2.24, 2.45) is 5.92 Å². The first-order valence-corrected chi connectivity index (χ1v) is 11.5. The third-order valence-electron chi connectivity index (χ3n) is 6.34. The number of amides is 1. The number of carbonyl (C=O) groups excluding carboxylic acids is 3. The predicted octanol–water partition coefficient (Wildman–Crippen LogP) is 3.98. The van der Waals surface area contributed by atoms with Crippen molar-refractivity contribution >= 4 is 34.2 Å². The van der Waals surface area contributed by atoms with Crippen molar-refractivity contribution < 1.29 is 28.6 Å². The summed E-state index contributed by atoms with van der Waals surface area (Å²) in [6.45, 7) is 6.37. The van der Waals surface area contributed by atoms with Gasteiger partial charge in [0.15, 0.2) is 0 Å². The molecule has 1 saturated heterocycles. The molecule has 1 aromatic heterocycles. The number of carbonyl (C=O) groups is 3. The number of ether oxygens (including phenoxy) is 3. The minimum absolute atomic E-state index is 0.0851. The summed E-state index contributed by atoms with van der Waals surface area (Å²) in [5.41, 5.74) is 0.209. The summed E-state index contributed by atoms with van der Waals surface area (Å²) in [6, 6.07) is 0. The first kappa shape index (κ1) is 21.3. The Kier molecular flexibility index (Phi) is 5.66. The van der Waals surface area contributed by atoms with Crippen LogP contribution in [0.4, 0.5) is 5.00 Å². The lowest BCUT2D eigenvalue weighted by molar-refractivity contribution is -0.153. The van der Waals surface area contributed by atoms with Crippen molar-refractivity contribution in [3.05, 3.63) is 16.0 Å². The average Bonchev–Trinajstić information content (AvgIpc) is 3.18. The Labute approximate surface area is 180 Å². The summed E-state index contributed by atoms with van der Waals surface area (Å²) in [6.07, 6.45) is 5.07. The number of fused-ring (bicyclic) bond motifs is 1. The van der Waals surface area contributed by atoms with Gasteiger partial charge in [-0.2, -0.15) is 0 Å². The van der Waals surface area contributed by atoms with Gasteiger partial charge in [-0.25, -0.2) is 4.79 Å². The normalized spacial score (nSPS) is 24.2. The Morgan fingerprint density at radius 2 is 1.97 bits per heavy atom. The Morgan fingerprint density at radius 1 is 1.23 bits per heavy atom. The summed E-state index contributed by atoms with van der Waals surface area (Å²) in [7, 11) is 0. The van der Waals surface area contributed by atoms with Crippen LogP contribution in [0.5, 0.6) is 0 Å². The van der Waals surface area contributed by atoms with Crippen molar-refractivity contribution in [3.63, 3.8) is 0 Å². The average molecular weight is 436 g/mol. The molecule has 1 saturated carbocycles. The molecule has 7 nitrogen and oxygen atoms in total. The van der Waals surface area contributed by atoms with E-state index in [4.69, 9.17) is 14.2 Å². The van der Waals surface area contributed by atoms with Crippen molar-refractivity contribution in [3.8, 4) is 0 Å². The third kappa shape index (κ3) is 3.87. The Morgan fingerprint density at radius 3 is 2.67 bits per heavy atom. The second-order valence-electron chi connectivity index (χ2n) is 9.00. The number of nitrogens with one attached hydrogen (secondary N) is 1. The van der Waals surface area contributed by atoms with Gasteiger partial charge >= 0.3 is 11.9 Å². The van der Waals surface area contributed by atoms with E-state index in [1.165, 1.54) is 11.3 Å². The van der Waals surface area contributed by atoms with Gasteiger partial charge in [0.2, 0.25) is 5.91 Å². The maximum absolute atomic E-state index is 13.3. The van der Waals surface area contributed by atoms with Crippen LogP contribution in [0.2, 0.25) is 0 Å². The number of esters is 2. The number of anilines is 1. The van der Waals surface area contributed by atoms with Gasteiger partial charge in [0.1, 0.15) is 10.6 Å². The van der Waals surface area contributed by atoms with E-state index in [0.717, 1.165) is 29.7 Å². The van der Waals surface area contributed by atoms with E-state index in [-0.39, 0.29) is 24.9 Å². The molecule has 8 heteroatoms. The highest BCUT2D eigenvalue weighted by Crippen LogP contribution is 2.46. The quantitative estimate of drug-likeness (QED) is 0.720. The highest BCUT2D eigenvalue weighted by molar-refractivity contribution is 7.17. The first-order chi connectivity index (χ1) is 14.2. The topological polar surface area (TPSA) is 90.9 Å². The predicted molar refractivity (Wildman–Crippen MR) is 111 cm³/mol. The molecule has 1 aliphatic carbocycles. The fourth-order valence-electron chi connectivity index (χ4n) is 4.88. The molecule has 1 N–H and O–H groups in total. The fourth-order valence-corrected chi connectivity index (χ4v) is 6.01. The lowest BCUT2D eigenvalue weighted by Crippen LogP contribution is -2.43. The monoisotopic (exact) mass is 435 g/mol. The van der Waals surface area contributed by atoms with E-state index in [1.54, 1.807) is 6.92 Å². The summed E-state index contributed by atoms with van der Waals surface area (Å²) in [5.74, 6) is -1.54. The molecule has 0 aromatic carbocycles. The van der Waals surface area contributed by atoms with Crippen LogP contribution < -0.4 is 5.32 Å². The summed E-state index contributed by atoms with van der Waals surface area (Å²) in [4.78, 5) is 39.1. The summed E-state index contributed by atoms with van der Waals surface area (Å²) >= 11 is 1.36. The SMILES string of the molecule is CCOC(=O)c1c(NC(=O)[C@@H]2CC(=O)OC23CCCCC3)sc2c1CC(C)(C)OC2. The zero-order valence-electron chi connectivity index (χ0n) is 17.8. The molecule has 164 valence electrons. The fraction of sp³-hybridized carbons (Fsp3) is 0.682. The molecule has 1 spiro atoms. The molecule has 0 radical (unpaired) electrons. The highest BCUT2D eigenvalue weighted by atomic mass is 32.1. The molecule has 3 heterocycles. The molecule has 4 rings (SSSR count). The molecule has 0 bridgehead atoms. The number of thiophene rings is 1. The van der Waals surface area contributed by atoms with E-state index in [2.05, 4.69) is 5.32 Å². The summed E-state index contributed by atoms with van der Waals surface area (Å²) < 4.78 is 16.9. The van der Waals surface area contributed by atoms with Crippen LogP contribution >= 0.6 is 11.3 Å². The van der Waals surface area contributed by atoms with E-state index in [1.807, 2.05) is 13.8 Å². The van der Waals surface area contributed by atoms with Crippen molar-refractivity contribution in [2.75, 3.05) is 11.9 Å². The van der Waals surface area contributed by atoms with Gasteiger partial charge in [-0.15, -0.1) is 11.3 Å². The highest BCUT2D eigenvalue weighted by Gasteiger charge is 2.53. The summed E-state index contributed by atoms with van der Waals surface area (Å²) in [5, 5.41) is 3.44. The van der Waals surface area contributed by atoms with Gasteiger partial charge in [-0.1, -0.05) is 6.42 Å². The molecular formula is C22H29NO6S. The van der Waals surface area contributed by atoms with E-state index < -0.39 is 23.1 Å². The maximum atomic E-state index is 13.3.